The van der Waals surface area contributed by atoms with Crippen molar-refractivity contribution in [2.24, 2.45) is 0 Å². The van der Waals surface area contributed by atoms with Gasteiger partial charge in [0.2, 0.25) is 5.91 Å². The molecule has 1 amide bonds. The molecule has 1 aliphatic carbocycles. The first-order valence-electron chi connectivity index (χ1n) is 4.99. The fraction of sp³-hybridized carbons (Fsp3) is 0.400. The number of carbonyl (C=O) groups excluding carboxylic acids is 1. The van der Waals surface area contributed by atoms with E-state index >= 15 is 0 Å². The van der Waals surface area contributed by atoms with E-state index in [-0.39, 0.29) is 12.5 Å². The van der Waals surface area contributed by atoms with E-state index < -0.39 is 0 Å². The summed E-state index contributed by atoms with van der Waals surface area (Å²) in [5.41, 5.74) is 6.24. The predicted octanol–water partition coefficient (Wildman–Crippen LogP) is 0.354. The number of amides is 1. The van der Waals surface area contributed by atoms with Crippen molar-refractivity contribution in [1.82, 2.24) is 10.3 Å². The quantitative estimate of drug-likeness (QED) is 0.664. The number of hydrogen-bond donors (Lipinski definition) is 3. The van der Waals surface area contributed by atoms with Crippen molar-refractivity contribution in [1.29, 1.82) is 0 Å². The van der Waals surface area contributed by atoms with Gasteiger partial charge in [-0.1, -0.05) is 0 Å². The Morgan fingerprint density at radius 2 is 2.33 bits per heavy atom. The zero-order valence-corrected chi connectivity index (χ0v) is 8.36. The third-order valence-corrected chi connectivity index (χ3v) is 2.18. The average Bonchev–Trinajstić information content (AvgIpc) is 3.01. The summed E-state index contributed by atoms with van der Waals surface area (Å²) in [7, 11) is 0. The zero-order valence-electron chi connectivity index (χ0n) is 8.36. The molecule has 1 aromatic rings. The maximum atomic E-state index is 11.3. The van der Waals surface area contributed by atoms with Crippen LogP contribution in [0.15, 0.2) is 18.3 Å². The molecule has 1 saturated carbocycles. The average molecular weight is 206 g/mol. The minimum Gasteiger partial charge on any atom is -0.384 e. The van der Waals surface area contributed by atoms with Crippen molar-refractivity contribution in [2.45, 2.75) is 18.9 Å². The first kappa shape index (κ1) is 9.76. The first-order valence-corrected chi connectivity index (χ1v) is 4.99. The van der Waals surface area contributed by atoms with Gasteiger partial charge in [0.25, 0.3) is 0 Å². The van der Waals surface area contributed by atoms with Gasteiger partial charge >= 0.3 is 0 Å². The van der Waals surface area contributed by atoms with Crippen molar-refractivity contribution >= 4 is 17.4 Å². The summed E-state index contributed by atoms with van der Waals surface area (Å²) in [5.74, 6) is 0.498. The van der Waals surface area contributed by atoms with Gasteiger partial charge in [0.1, 0.15) is 5.82 Å². The van der Waals surface area contributed by atoms with Gasteiger partial charge in [0, 0.05) is 6.04 Å². The molecule has 0 aliphatic heterocycles. The maximum Gasteiger partial charge on any atom is 0.239 e. The molecule has 0 spiro atoms. The Labute approximate surface area is 88.1 Å². The summed E-state index contributed by atoms with van der Waals surface area (Å²) < 4.78 is 0. The number of pyridine rings is 1. The number of anilines is 2. The van der Waals surface area contributed by atoms with Crippen molar-refractivity contribution in [3.05, 3.63) is 18.3 Å². The van der Waals surface area contributed by atoms with Crippen molar-refractivity contribution in [3.8, 4) is 0 Å². The van der Waals surface area contributed by atoms with Crippen molar-refractivity contribution in [2.75, 3.05) is 17.6 Å². The van der Waals surface area contributed by atoms with E-state index in [2.05, 4.69) is 15.6 Å². The molecule has 0 unspecified atom stereocenters. The van der Waals surface area contributed by atoms with Gasteiger partial charge in [0.05, 0.1) is 18.4 Å². The highest BCUT2D eigenvalue weighted by Gasteiger charge is 2.22. The number of rotatable bonds is 4. The molecule has 1 aromatic heterocycles. The maximum absolute atomic E-state index is 11.3. The summed E-state index contributed by atoms with van der Waals surface area (Å²) in [5, 5.41) is 5.86. The number of hydrogen-bond acceptors (Lipinski definition) is 4. The molecule has 1 aliphatic rings. The number of aromatic nitrogens is 1. The summed E-state index contributed by atoms with van der Waals surface area (Å²) in [6.45, 7) is 0.280. The Hall–Kier alpha value is -1.78. The standard InChI is InChI=1S/C10H14N4O/c11-9-4-3-8(5-13-9)12-6-10(15)14-7-1-2-7/h3-5,7,12H,1-2,6H2,(H2,11,13)(H,14,15). The van der Waals surface area contributed by atoms with Gasteiger partial charge in [-0.05, 0) is 25.0 Å². The molecule has 0 aromatic carbocycles. The van der Waals surface area contributed by atoms with Crippen LogP contribution in [0, 0.1) is 0 Å². The molecule has 80 valence electrons. The topological polar surface area (TPSA) is 80.0 Å². The number of carbonyl (C=O) groups is 1. The van der Waals surface area contributed by atoms with Gasteiger partial charge in [-0.15, -0.1) is 0 Å². The molecule has 2 rings (SSSR count). The molecule has 5 heteroatoms. The summed E-state index contributed by atoms with van der Waals surface area (Å²) in [6.07, 6.45) is 3.82. The van der Waals surface area contributed by atoms with Crippen LogP contribution in [0.3, 0.4) is 0 Å². The fourth-order valence-corrected chi connectivity index (χ4v) is 1.20. The van der Waals surface area contributed by atoms with E-state index in [0.29, 0.717) is 11.9 Å². The van der Waals surface area contributed by atoms with Crippen LogP contribution in [0.2, 0.25) is 0 Å². The minimum absolute atomic E-state index is 0.0225. The van der Waals surface area contributed by atoms with Gasteiger partial charge in [-0.3, -0.25) is 4.79 Å². The van der Waals surface area contributed by atoms with Crippen LogP contribution in [0.4, 0.5) is 11.5 Å². The molecule has 15 heavy (non-hydrogen) atoms. The summed E-state index contributed by atoms with van der Waals surface area (Å²) in [4.78, 5) is 15.2. The lowest BCUT2D eigenvalue weighted by Crippen LogP contribution is -2.31. The van der Waals surface area contributed by atoms with E-state index in [9.17, 15) is 4.79 Å². The van der Waals surface area contributed by atoms with Crippen molar-refractivity contribution < 1.29 is 4.79 Å². The molecular formula is C10H14N4O. The SMILES string of the molecule is Nc1ccc(NCC(=O)NC2CC2)cn1. The Morgan fingerprint density at radius 1 is 1.53 bits per heavy atom. The van der Waals surface area contributed by atoms with Gasteiger partial charge < -0.3 is 16.4 Å². The molecule has 5 nitrogen and oxygen atoms in total. The second-order valence-electron chi connectivity index (χ2n) is 3.67. The van der Waals surface area contributed by atoms with E-state index in [1.54, 1.807) is 18.3 Å². The summed E-state index contributed by atoms with van der Waals surface area (Å²) in [6, 6.07) is 3.90. The highest BCUT2D eigenvalue weighted by atomic mass is 16.2. The van der Waals surface area contributed by atoms with E-state index in [4.69, 9.17) is 5.73 Å². The third-order valence-electron chi connectivity index (χ3n) is 2.18. The number of nitrogens with one attached hydrogen (secondary N) is 2. The number of nitrogens with zero attached hydrogens (tertiary/aromatic N) is 1. The van der Waals surface area contributed by atoms with Crippen LogP contribution in [0.25, 0.3) is 0 Å². The minimum atomic E-state index is 0.0225. The largest absolute Gasteiger partial charge is 0.384 e. The van der Waals surface area contributed by atoms with Gasteiger partial charge in [-0.2, -0.15) is 0 Å². The number of nitrogen functional groups attached to an aromatic ring is 1. The lowest BCUT2D eigenvalue weighted by molar-refractivity contribution is -0.119. The Bertz CT molecular complexity index is 345. The van der Waals surface area contributed by atoms with E-state index in [1.807, 2.05) is 0 Å². The molecule has 0 atom stereocenters. The lowest BCUT2D eigenvalue weighted by atomic mass is 10.4. The fourth-order valence-electron chi connectivity index (χ4n) is 1.20. The van der Waals surface area contributed by atoms with Crippen LogP contribution in [-0.2, 0) is 4.79 Å². The van der Waals surface area contributed by atoms with Crippen LogP contribution in [-0.4, -0.2) is 23.5 Å². The second-order valence-corrected chi connectivity index (χ2v) is 3.67. The Morgan fingerprint density at radius 3 is 2.93 bits per heavy atom. The molecular weight excluding hydrogens is 192 g/mol. The third kappa shape index (κ3) is 3.12. The molecule has 0 radical (unpaired) electrons. The van der Waals surface area contributed by atoms with Crippen LogP contribution < -0.4 is 16.4 Å². The molecule has 4 N–H and O–H groups in total. The number of nitrogens with two attached hydrogens (primary N) is 1. The Kier molecular flexibility index (Phi) is 2.71. The second kappa shape index (κ2) is 4.16. The first-order chi connectivity index (χ1) is 7.24. The monoisotopic (exact) mass is 206 g/mol. The van der Waals surface area contributed by atoms with Crippen molar-refractivity contribution in [3.63, 3.8) is 0 Å². The zero-order chi connectivity index (χ0) is 10.7. The highest BCUT2D eigenvalue weighted by molar-refractivity contribution is 5.81. The molecule has 0 saturated heterocycles. The predicted molar refractivity (Wildman–Crippen MR) is 58.3 cm³/mol. The van der Waals surface area contributed by atoms with Crippen LogP contribution >= 0.6 is 0 Å². The molecule has 1 heterocycles. The van der Waals surface area contributed by atoms with E-state index in [1.165, 1.54) is 0 Å². The van der Waals surface area contributed by atoms with Crippen LogP contribution in [0.1, 0.15) is 12.8 Å². The van der Waals surface area contributed by atoms with E-state index in [0.717, 1.165) is 18.5 Å². The smallest absolute Gasteiger partial charge is 0.239 e. The molecule has 1 fully saturated rings. The summed E-state index contributed by atoms with van der Waals surface area (Å²) >= 11 is 0. The van der Waals surface area contributed by atoms with Gasteiger partial charge in [-0.25, -0.2) is 4.98 Å². The normalized spacial score (nSPS) is 14.7. The Balaban J connectivity index is 1.76. The van der Waals surface area contributed by atoms with Crippen LogP contribution in [0.5, 0.6) is 0 Å². The van der Waals surface area contributed by atoms with Gasteiger partial charge in [0.15, 0.2) is 0 Å². The lowest BCUT2D eigenvalue weighted by Gasteiger charge is -2.06. The highest BCUT2D eigenvalue weighted by Crippen LogP contribution is 2.18. The molecule has 0 bridgehead atoms.